The molecular weight excluding hydrogens is 286 g/mol. The van der Waals surface area contributed by atoms with Crippen molar-refractivity contribution in [3.63, 3.8) is 0 Å². The van der Waals surface area contributed by atoms with Gasteiger partial charge in [-0.2, -0.15) is 0 Å². The van der Waals surface area contributed by atoms with Gasteiger partial charge >= 0.3 is 0 Å². The van der Waals surface area contributed by atoms with E-state index >= 15 is 0 Å². The summed E-state index contributed by atoms with van der Waals surface area (Å²) in [6.45, 7) is 2.20. The minimum absolute atomic E-state index is 0.715. The molecule has 112 valence electrons. The summed E-state index contributed by atoms with van der Waals surface area (Å²) in [6.07, 6.45) is 0.928. The third-order valence-corrected chi connectivity index (χ3v) is 4.18. The Bertz CT molecular complexity index is 597. The van der Waals surface area contributed by atoms with Crippen LogP contribution >= 0.6 is 11.8 Å². The number of hydrogen-bond donors (Lipinski definition) is 1. The summed E-state index contributed by atoms with van der Waals surface area (Å²) >= 11 is 1.73. The fourth-order valence-corrected chi connectivity index (χ4v) is 2.98. The van der Waals surface area contributed by atoms with Gasteiger partial charge in [-0.25, -0.2) is 0 Å². The molecule has 0 radical (unpaired) electrons. The van der Waals surface area contributed by atoms with Crippen LogP contribution in [0.5, 0.6) is 11.5 Å². The fourth-order valence-electron chi connectivity index (χ4n) is 2.16. The zero-order valence-corrected chi connectivity index (χ0v) is 12.9. The Morgan fingerprint density at radius 1 is 1.05 bits per heavy atom. The first-order valence-corrected chi connectivity index (χ1v) is 8.08. The molecular formula is C16H19NO3S. The largest absolute Gasteiger partial charge is 0.490 e. The van der Waals surface area contributed by atoms with Gasteiger partial charge in [0.2, 0.25) is 0 Å². The lowest BCUT2D eigenvalue weighted by Gasteiger charge is -2.08. The molecule has 0 amide bonds. The average Bonchev–Trinajstić information content (AvgIpc) is 2.81. The molecule has 0 atom stereocenters. The Morgan fingerprint density at radius 3 is 2.71 bits per heavy atom. The zero-order chi connectivity index (χ0) is 14.5. The van der Waals surface area contributed by atoms with Gasteiger partial charge in [0.15, 0.2) is 11.5 Å². The molecule has 1 aliphatic heterocycles. The van der Waals surface area contributed by atoms with Crippen LogP contribution in [0.2, 0.25) is 0 Å². The zero-order valence-electron chi connectivity index (χ0n) is 12.1. The second kappa shape index (κ2) is 6.91. The van der Waals surface area contributed by atoms with E-state index < -0.39 is 0 Å². The molecule has 0 saturated heterocycles. The molecule has 0 spiro atoms. The minimum atomic E-state index is 0.715. The van der Waals surface area contributed by atoms with E-state index in [-0.39, 0.29) is 0 Å². The topological polar surface area (TPSA) is 43.6 Å². The quantitative estimate of drug-likeness (QED) is 0.857. The summed E-state index contributed by atoms with van der Waals surface area (Å²) in [7, 11) is 1.91. The number of rotatable bonds is 5. The van der Waals surface area contributed by atoms with Crippen LogP contribution in [-0.4, -0.2) is 20.3 Å². The molecule has 1 aliphatic rings. The smallest absolute Gasteiger partial charge is 0.162 e. The van der Waals surface area contributed by atoms with Crippen molar-refractivity contribution >= 4 is 11.8 Å². The Balaban J connectivity index is 1.63. The normalized spacial score (nSPS) is 14.0. The molecule has 0 fully saturated rings. The lowest BCUT2D eigenvalue weighted by Crippen LogP contribution is -2.03. The highest BCUT2D eigenvalue weighted by Gasteiger charge is 2.11. The summed E-state index contributed by atoms with van der Waals surface area (Å²) in [6, 6.07) is 10.1. The van der Waals surface area contributed by atoms with Crippen molar-refractivity contribution in [2.75, 3.05) is 20.3 Å². The van der Waals surface area contributed by atoms with Gasteiger partial charge in [0.05, 0.1) is 25.5 Å². The van der Waals surface area contributed by atoms with Gasteiger partial charge in [0.1, 0.15) is 11.5 Å². The maximum absolute atomic E-state index is 5.74. The lowest BCUT2D eigenvalue weighted by atomic mass is 10.3. The summed E-state index contributed by atoms with van der Waals surface area (Å²) in [5.41, 5.74) is 0. The third-order valence-electron chi connectivity index (χ3n) is 3.17. The summed E-state index contributed by atoms with van der Waals surface area (Å²) in [5, 5.41) is 3.08. The van der Waals surface area contributed by atoms with E-state index in [0.717, 1.165) is 53.2 Å². The van der Waals surface area contributed by atoms with Gasteiger partial charge in [-0.1, -0.05) is 0 Å². The number of furan rings is 1. The van der Waals surface area contributed by atoms with Crippen molar-refractivity contribution in [1.29, 1.82) is 0 Å². The predicted molar refractivity (Wildman–Crippen MR) is 83.1 cm³/mol. The molecule has 1 aromatic heterocycles. The molecule has 0 bridgehead atoms. The fraction of sp³-hybridized carbons (Fsp3) is 0.375. The van der Waals surface area contributed by atoms with E-state index in [1.165, 1.54) is 0 Å². The van der Waals surface area contributed by atoms with Crippen LogP contribution in [0.4, 0.5) is 0 Å². The monoisotopic (exact) mass is 305 g/mol. The lowest BCUT2D eigenvalue weighted by molar-refractivity contribution is 0.297. The first-order valence-electron chi connectivity index (χ1n) is 7.10. The van der Waals surface area contributed by atoms with Crippen molar-refractivity contribution < 1.29 is 13.9 Å². The third kappa shape index (κ3) is 3.74. The first-order chi connectivity index (χ1) is 10.3. The van der Waals surface area contributed by atoms with Crippen LogP contribution in [0.1, 0.15) is 17.9 Å². The van der Waals surface area contributed by atoms with Crippen molar-refractivity contribution in [2.45, 2.75) is 23.6 Å². The van der Waals surface area contributed by atoms with Gasteiger partial charge in [-0.15, -0.1) is 11.8 Å². The molecule has 3 rings (SSSR count). The minimum Gasteiger partial charge on any atom is -0.490 e. The van der Waals surface area contributed by atoms with Gasteiger partial charge in [0, 0.05) is 11.3 Å². The molecule has 4 nitrogen and oxygen atoms in total. The highest BCUT2D eigenvalue weighted by atomic mass is 32.2. The van der Waals surface area contributed by atoms with Crippen LogP contribution in [0.25, 0.3) is 0 Å². The highest BCUT2D eigenvalue weighted by Crippen LogP contribution is 2.35. The number of hydrogen-bond acceptors (Lipinski definition) is 5. The summed E-state index contributed by atoms with van der Waals surface area (Å²) in [4.78, 5) is 1.16. The van der Waals surface area contributed by atoms with Crippen LogP contribution in [-0.2, 0) is 12.3 Å². The summed E-state index contributed by atoms with van der Waals surface area (Å²) < 4.78 is 17.1. The van der Waals surface area contributed by atoms with Gasteiger partial charge in [-0.05, 0) is 37.4 Å². The van der Waals surface area contributed by atoms with Gasteiger partial charge < -0.3 is 19.2 Å². The van der Waals surface area contributed by atoms with Crippen LogP contribution in [0.3, 0.4) is 0 Å². The molecule has 2 heterocycles. The number of fused-ring (bicyclic) bond motifs is 1. The second-order valence-corrected chi connectivity index (χ2v) is 5.89. The average molecular weight is 305 g/mol. The maximum atomic E-state index is 5.74. The number of nitrogens with one attached hydrogen (secondary N) is 1. The number of benzene rings is 1. The maximum Gasteiger partial charge on any atom is 0.162 e. The van der Waals surface area contributed by atoms with E-state index in [4.69, 9.17) is 13.9 Å². The van der Waals surface area contributed by atoms with Crippen LogP contribution < -0.4 is 14.8 Å². The van der Waals surface area contributed by atoms with Crippen molar-refractivity contribution in [1.82, 2.24) is 5.32 Å². The number of ether oxygens (including phenoxy) is 2. The van der Waals surface area contributed by atoms with E-state index in [9.17, 15) is 0 Å². The first kappa shape index (κ1) is 14.4. The predicted octanol–water partition coefficient (Wildman–Crippen LogP) is 3.45. The Labute approximate surface area is 128 Å². The van der Waals surface area contributed by atoms with E-state index in [1.807, 2.05) is 31.3 Å². The molecule has 5 heteroatoms. The van der Waals surface area contributed by atoms with Gasteiger partial charge in [-0.3, -0.25) is 0 Å². The van der Waals surface area contributed by atoms with Gasteiger partial charge in [0.25, 0.3) is 0 Å². The van der Waals surface area contributed by atoms with Crippen molar-refractivity contribution in [3.05, 3.63) is 41.9 Å². The second-order valence-electron chi connectivity index (χ2n) is 4.85. The van der Waals surface area contributed by atoms with Crippen molar-refractivity contribution in [3.8, 4) is 11.5 Å². The highest BCUT2D eigenvalue weighted by molar-refractivity contribution is 7.98. The standard InChI is InChI=1S/C16H19NO3S/c1-17-10-12-3-4-13(20-12)11-21-14-5-6-15-16(9-14)19-8-2-7-18-15/h3-6,9,17H,2,7-8,10-11H2,1H3. The van der Waals surface area contributed by atoms with Crippen LogP contribution in [0.15, 0.2) is 39.6 Å². The van der Waals surface area contributed by atoms with Crippen molar-refractivity contribution in [2.24, 2.45) is 0 Å². The Kier molecular flexibility index (Phi) is 4.72. The van der Waals surface area contributed by atoms with E-state index in [2.05, 4.69) is 11.4 Å². The number of thioether (sulfide) groups is 1. The molecule has 0 unspecified atom stereocenters. The molecule has 0 saturated carbocycles. The van der Waals surface area contributed by atoms with E-state index in [0.29, 0.717) is 6.61 Å². The Hall–Kier alpha value is -1.59. The molecule has 1 aromatic carbocycles. The Morgan fingerprint density at radius 2 is 1.86 bits per heavy atom. The molecule has 21 heavy (non-hydrogen) atoms. The molecule has 0 aliphatic carbocycles. The molecule has 2 aromatic rings. The summed E-state index contributed by atoms with van der Waals surface area (Å²) in [5.74, 6) is 4.44. The SMILES string of the molecule is CNCc1ccc(CSc2ccc3c(c2)OCCCO3)o1. The van der Waals surface area contributed by atoms with Crippen LogP contribution in [0, 0.1) is 0 Å². The molecule has 1 N–H and O–H groups in total. The van der Waals surface area contributed by atoms with E-state index in [1.54, 1.807) is 11.8 Å².